The van der Waals surface area contributed by atoms with Gasteiger partial charge in [-0.15, -0.1) is 0 Å². The van der Waals surface area contributed by atoms with Gasteiger partial charge in [-0.05, 0) is 60.0 Å². The lowest BCUT2D eigenvalue weighted by atomic mass is 10.1. The van der Waals surface area contributed by atoms with E-state index >= 15 is 0 Å². The third-order valence-corrected chi connectivity index (χ3v) is 6.45. The zero-order valence-corrected chi connectivity index (χ0v) is 21.0. The number of hydrogen-bond acceptors (Lipinski definition) is 4. The highest BCUT2D eigenvalue weighted by Gasteiger charge is 2.19. The van der Waals surface area contributed by atoms with Crippen molar-refractivity contribution < 1.29 is 14.3 Å². The van der Waals surface area contributed by atoms with Crippen LogP contribution < -0.4 is 9.47 Å². The summed E-state index contributed by atoms with van der Waals surface area (Å²) in [5.74, 6) is 1.64. The van der Waals surface area contributed by atoms with E-state index in [9.17, 15) is 4.79 Å². The number of ether oxygens (including phenoxy) is 2. The predicted molar refractivity (Wildman–Crippen MR) is 141 cm³/mol. The molecule has 4 rings (SSSR count). The molecule has 0 atom stereocenters. The number of amides is 1. The fourth-order valence-electron chi connectivity index (χ4n) is 4.14. The van der Waals surface area contributed by atoms with E-state index in [2.05, 4.69) is 17.0 Å². The molecule has 35 heavy (non-hydrogen) atoms. The maximum absolute atomic E-state index is 12.8. The van der Waals surface area contributed by atoms with Gasteiger partial charge >= 0.3 is 0 Å². The van der Waals surface area contributed by atoms with Crippen molar-refractivity contribution in [3.05, 3.63) is 100 Å². The first-order chi connectivity index (χ1) is 17.0. The lowest BCUT2D eigenvalue weighted by molar-refractivity contribution is -0.127. The maximum atomic E-state index is 12.8. The Morgan fingerprint density at radius 3 is 2.43 bits per heavy atom. The van der Waals surface area contributed by atoms with Gasteiger partial charge in [0.05, 0.1) is 7.11 Å². The lowest BCUT2D eigenvalue weighted by Crippen LogP contribution is -2.47. The number of aryl methyl sites for hydroxylation is 1. The van der Waals surface area contributed by atoms with Crippen molar-refractivity contribution in [2.45, 2.75) is 20.1 Å². The van der Waals surface area contributed by atoms with Crippen LogP contribution in [0.1, 0.15) is 22.3 Å². The second-order valence-electron chi connectivity index (χ2n) is 8.69. The normalized spacial score (nSPS) is 14.3. The van der Waals surface area contributed by atoms with Crippen LogP contribution in [-0.4, -0.2) is 49.0 Å². The lowest BCUT2D eigenvalue weighted by Gasteiger charge is -2.34. The summed E-state index contributed by atoms with van der Waals surface area (Å²) < 4.78 is 11.5. The highest BCUT2D eigenvalue weighted by atomic mass is 35.5. The summed E-state index contributed by atoms with van der Waals surface area (Å²) in [6.07, 6.45) is 3.52. The van der Waals surface area contributed by atoms with E-state index in [0.29, 0.717) is 6.61 Å². The molecule has 1 aliphatic heterocycles. The molecule has 0 radical (unpaired) electrons. The quantitative estimate of drug-likeness (QED) is 0.386. The molecule has 5 nitrogen and oxygen atoms in total. The molecule has 0 unspecified atom stereocenters. The number of benzene rings is 3. The van der Waals surface area contributed by atoms with Crippen molar-refractivity contribution in [2.24, 2.45) is 0 Å². The van der Waals surface area contributed by atoms with E-state index in [1.807, 2.05) is 72.5 Å². The zero-order chi connectivity index (χ0) is 24.6. The summed E-state index contributed by atoms with van der Waals surface area (Å²) >= 11 is 5.98. The summed E-state index contributed by atoms with van der Waals surface area (Å²) in [5, 5.41) is 0.749. The van der Waals surface area contributed by atoms with Crippen LogP contribution in [0.5, 0.6) is 11.5 Å². The Morgan fingerprint density at radius 2 is 1.71 bits per heavy atom. The zero-order valence-electron chi connectivity index (χ0n) is 20.2. The molecule has 0 aliphatic carbocycles. The first-order valence-corrected chi connectivity index (χ1v) is 12.2. The molecule has 6 heteroatoms. The second kappa shape index (κ2) is 11.9. The molecule has 1 fully saturated rings. The van der Waals surface area contributed by atoms with Gasteiger partial charge in [0, 0.05) is 49.4 Å². The fourth-order valence-corrected chi connectivity index (χ4v) is 4.26. The van der Waals surface area contributed by atoms with Gasteiger partial charge in [-0.2, -0.15) is 0 Å². The number of halogens is 1. The van der Waals surface area contributed by atoms with Crippen molar-refractivity contribution in [1.29, 1.82) is 0 Å². The molecule has 0 saturated carbocycles. The van der Waals surface area contributed by atoms with Crippen molar-refractivity contribution in [3.8, 4) is 11.5 Å². The van der Waals surface area contributed by atoms with Gasteiger partial charge in [0.15, 0.2) is 0 Å². The number of piperazine rings is 1. The highest BCUT2D eigenvalue weighted by Crippen LogP contribution is 2.24. The van der Waals surface area contributed by atoms with E-state index in [1.54, 1.807) is 13.2 Å². The number of rotatable bonds is 8. The molecule has 1 amide bonds. The highest BCUT2D eigenvalue weighted by molar-refractivity contribution is 6.30. The monoisotopic (exact) mass is 490 g/mol. The van der Waals surface area contributed by atoms with E-state index < -0.39 is 0 Å². The number of methoxy groups -OCH3 is 1. The van der Waals surface area contributed by atoms with Gasteiger partial charge in [0.25, 0.3) is 0 Å². The third-order valence-electron chi connectivity index (χ3n) is 6.20. The van der Waals surface area contributed by atoms with Crippen molar-refractivity contribution in [2.75, 3.05) is 33.3 Å². The molecule has 0 spiro atoms. The van der Waals surface area contributed by atoms with Crippen LogP contribution in [0.15, 0.2) is 72.8 Å². The molecule has 3 aromatic rings. The van der Waals surface area contributed by atoms with Crippen LogP contribution in [-0.2, 0) is 17.9 Å². The van der Waals surface area contributed by atoms with E-state index in [4.69, 9.17) is 21.1 Å². The molecule has 1 aliphatic rings. The smallest absolute Gasteiger partial charge is 0.246 e. The van der Waals surface area contributed by atoms with Crippen molar-refractivity contribution in [3.63, 3.8) is 0 Å². The molecule has 0 N–H and O–H groups in total. The SMILES string of the molecule is COc1ccc(/C=C/C(=O)N2CCN(Cc3ccc(Cl)cc3)CC2)cc1COc1ccccc1C. The molecular weight excluding hydrogens is 460 g/mol. The largest absolute Gasteiger partial charge is 0.496 e. The first-order valence-electron chi connectivity index (χ1n) is 11.8. The van der Waals surface area contributed by atoms with Crippen molar-refractivity contribution in [1.82, 2.24) is 9.80 Å². The molecule has 1 saturated heterocycles. The van der Waals surface area contributed by atoms with E-state index in [-0.39, 0.29) is 5.91 Å². The van der Waals surface area contributed by atoms with E-state index in [1.165, 1.54) is 5.56 Å². The van der Waals surface area contributed by atoms with Gasteiger partial charge in [-0.3, -0.25) is 9.69 Å². The number of para-hydroxylation sites is 1. The molecule has 0 aromatic heterocycles. The Labute approximate surface area is 212 Å². The molecule has 1 heterocycles. The molecule has 0 bridgehead atoms. The van der Waals surface area contributed by atoms with Gasteiger partial charge in [0.2, 0.25) is 5.91 Å². The van der Waals surface area contributed by atoms with Crippen molar-refractivity contribution >= 4 is 23.6 Å². The number of nitrogens with zero attached hydrogens (tertiary/aromatic N) is 2. The maximum Gasteiger partial charge on any atom is 0.246 e. The Kier molecular flexibility index (Phi) is 8.45. The average molecular weight is 491 g/mol. The minimum Gasteiger partial charge on any atom is -0.496 e. The Bertz CT molecular complexity index is 1170. The van der Waals surface area contributed by atoms with Gasteiger partial charge in [-0.1, -0.05) is 48.0 Å². The Hall–Kier alpha value is -3.28. The van der Waals surface area contributed by atoms with Gasteiger partial charge in [-0.25, -0.2) is 0 Å². The number of hydrogen-bond donors (Lipinski definition) is 0. The number of carbonyl (C=O) groups is 1. The van der Waals surface area contributed by atoms with Crippen LogP contribution in [0.4, 0.5) is 0 Å². The van der Waals surface area contributed by atoms with E-state index in [0.717, 1.165) is 65.9 Å². The fraction of sp³-hybridized carbons (Fsp3) is 0.276. The summed E-state index contributed by atoms with van der Waals surface area (Å²) in [7, 11) is 1.65. The van der Waals surface area contributed by atoms with Gasteiger partial charge < -0.3 is 14.4 Å². The van der Waals surface area contributed by atoms with Gasteiger partial charge in [0.1, 0.15) is 18.1 Å². The first kappa shape index (κ1) is 24.8. The third kappa shape index (κ3) is 6.87. The predicted octanol–water partition coefficient (Wildman–Crippen LogP) is 5.59. The Morgan fingerprint density at radius 1 is 0.971 bits per heavy atom. The van der Waals surface area contributed by atoms with Crippen LogP contribution in [0, 0.1) is 6.92 Å². The minimum absolute atomic E-state index is 0.0321. The molecule has 182 valence electrons. The summed E-state index contributed by atoms with van der Waals surface area (Å²) in [6, 6.07) is 21.7. The van der Waals surface area contributed by atoms with Crippen LogP contribution in [0.3, 0.4) is 0 Å². The summed E-state index contributed by atoms with van der Waals surface area (Å²) in [5.41, 5.74) is 4.18. The summed E-state index contributed by atoms with van der Waals surface area (Å²) in [6.45, 7) is 6.42. The standard InChI is InChI=1S/C29H31ClN2O3/c1-22-5-3-4-6-27(22)35-21-25-19-23(9-13-28(25)34-2)10-14-29(33)32-17-15-31(16-18-32)20-24-7-11-26(30)12-8-24/h3-14,19H,15-18,20-21H2,1-2H3/b14-10+. The number of carbonyl (C=O) groups excluding carboxylic acids is 1. The summed E-state index contributed by atoms with van der Waals surface area (Å²) in [4.78, 5) is 17.1. The minimum atomic E-state index is 0.0321. The second-order valence-corrected chi connectivity index (χ2v) is 9.12. The van der Waals surface area contributed by atoms with Crippen LogP contribution in [0.2, 0.25) is 5.02 Å². The topological polar surface area (TPSA) is 42.0 Å². The van der Waals surface area contributed by atoms with Crippen LogP contribution >= 0.6 is 11.6 Å². The van der Waals surface area contributed by atoms with Crippen LogP contribution in [0.25, 0.3) is 6.08 Å². The molecular formula is C29H31ClN2O3. The Balaban J connectivity index is 1.32. The average Bonchev–Trinajstić information content (AvgIpc) is 2.88. The molecule has 3 aromatic carbocycles.